The van der Waals surface area contributed by atoms with Gasteiger partial charge in [0.15, 0.2) is 0 Å². The van der Waals surface area contributed by atoms with Gasteiger partial charge in [0.2, 0.25) is 5.90 Å². The van der Waals surface area contributed by atoms with Gasteiger partial charge in [-0.15, -0.1) is 0 Å². The van der Waals surface area contributed by atoms with Gasteiger partial charge in [0.05, 0.1) is 6.61 Å². The van der Waals surface area contributed by atoms with Crippen molar-refractivity contribution in [3.05, 3.63) is 71.8 Å². The third-order valence-corrected chi connectivity index (χ3v) is 3.48. The van der Waals surface area contributed by atoms with Crippen molar-refractivity contribution in [1.82, 2.24) is 5.32 Å². The maximum absolute atomic E-state index is 12.1. The zero-order valence-electron chi connectivity index (χ0n) is 14.1. The molecule has 0 bridgehead atoms. The Bertz CT molecular complexity index is 674. The van der Waals surface area contributed by atoms with E-state index in [1.165, 1.54) is 0 Å². The first-order valence-electron chi connectivity index (χ1n) is 8.08. The summed E-state index contributed by atoms with van der Waals surface area (Å²) in [6.07, 6.45) is -0.189. The predicted molar refractivity (Wildman–Crippen MR) is 94.5 cm³/mol. The number of hydrogen-bond acceptors (Lipinski definition) is 5. The van der Waals surface area contributed by atoms with Crippen LogP contribution in [0.3, 0.4) is 0 Å². The van der Waals surface area contributed by atoms with Crippen LogP contribution in [0.25, 0.3) is 0 Å². The predicted octanol–water partition coefficient (Wildman–Crippen LogP) is 3.35. The van der Waals surface area contributed by atoms with Crippen LogP contribution in [0, 0.1) is 0 Å². The molecule has 0 spiro atoms. The number of amides is 1. The first-order chi connectivity index (χ1) is 12.2. The molecule has 0 aliphatic rings. The summed E-state index contributed by atoms with van der Waals surface area (Å²) in [5, 5.41) is 15.1. The Morgan fingerprint density at radius 1 is 1.04 bits per heavy atom. The molecular weight excluding hydrogens is 320 g/mol. The van der Waals surface area contributed by atoms with Crippen molar-refractivity contribution in [3.8, 4) is 0 Å². The van der Waals surface area contributed by atoms with Crippen LogP contribution in [0.15, 0.2) is 65.8 Å². The van der Waals surface area contributed by atoms with Crippen LogP contribution < -0.4 is 5.32 Å². The molecule has 0 aliphatic heterocycles. The Morgan fingerprint density at radius 3 is 2.20 bits per heavy atom. The van der Waals surface area contributed by atoms with Gasteiger partial charge >= 0.3 is 6.09 Å². The molecule has 0 saturated carbocycles. The number of ether oxygens (including phenoxy) is 2. The number of oxime groups is 1. The van der Waals surface area contributed by atoms with E-state index in [2.05, 4.69) is 10.5 Å². The summed E-state index contributed by atoms with van der Waals surface area (Å²) in [5.41, 5.74) is 1.86. The second kappa shape index (κ2) is 9.97. The smallest absolute Gasteiger partial charge is 0.408 e. The van der Waals surface area contributed by atoms with Crippen LogP contribution >= 0.6 is 0 Å². The number of carbonyl (C=O) groups is 1. The number of alkyl carbamates (subject to hydrolysis) is 1. The molecule has 0 saturated heterocycles. The monoisotopic (exact) mass is 342 g/mol. The van der Waals surface area contributed by atoms with Gasteiger partial charge in [-0.2, -0.15) is 0 Å². The molecule has 0 heterocycles. The molecule has 0 radical (unpaired) electrons. The average Bonchev–Trinajstić information content (AvgIpc) is 2.65. The van der Waals surface area contributed by atoms with E-state index in [1.54, 1.807) is 6.92 Å². The number of benzene rings is 2. The summed E-state index contributed by atoms with van der Waals surface area (Å²) in [6.45, 7) is 2.26. The van der Waals surface area contributed by atoms with Crippen molar-refractivity contribution >= 4 is 12.0 Å². The van der Waals surface area contributed by atoms with E-state index in [-0.39, 0.29) is 12.5 Å². The lowest BCUT2D eigenvalue weighted by atomic mass is 10.1. The van der Waals surface area contributed by atoms with Gasteiger partial charge in [-0.05, 0) is 18.1 Å². The molecule has 2 aromatic carbocycles. The highest BCUT2D eigenvalue weighted by molar-refractivity contribution is 5.85. The maximum Gasteiger partial charge on any atom is 0.408 e. The topological polar surface area (TPSA) is 80.2 Å². The van der Waals surface area contributed by atoms with E-state index in [1.807, 2.05) is 60.7 Å². The van der Waals surface area contributed by atoms with Crippen LogP contribution in [0.1, 0.15) is 18.1 Å². The van der Waals surface area contributed by atoms with Gasteiger partial charge in [-0.1, -0.05) is 65.8 Å². The molecule has 2 aromatic rings. The van der Waals surface area contributed by atoms with Gasteiger partial charge < -0.3 is 20.0 Å². The molecule has 6 heteroatoms. The Kier molecular flexibility index (Phi) is 7.31. The molecule has 25 heavy (non-hydrogen) atoms. The lowest BCUT2D eigenvalue weighted by Gasteiger charge is -2.19. The molecule has 132 valence electrons. The van der Waals surface area contributed by atoms with Crippen LogP contribution in [0.2, 0.25) is 0 Å². The first kappa shape index (κ1) is 18.3. The average molecular weight is 342 g/mol. The summed E-state index contributed by atoms with van der Waals surface area (Å²) in [7, 11) is 0. The van der Waals surface area contributed by atoms with E-state index >= 15 is 0 Å². The highest BCUT2D eigenvalue weighted by Crippen LogP contribution is 2.07. The van der Waals surface area contributed by atoms with Crippen molar-refractivity contribution in [1.29, 1.82) is 0 Å². The van der Waals surface area contributed by atoms with Crippen molar-refractivity contribution in [2.45, 2.75) is 26.0 Å². The zero-order chi connectivity index (χ0) is 17.9. The van der Waals surface area contributed by atoms with E-state index in [0.29, 0.717) is 13.0 Å². The highest BCUT2D eigenvalue weighted by Gasteiger charge is 2.22. The maximum atomic E-state index is 12.1. The zero-order valence-corrected chi connectivity index (χ0v) is 14.1. The van der Waals surface area contributed by atoms with Gasteiger partial charge in [0, 0.05) is 6.42 Å². The molecule has 0 aliphatic carbocycles. The lowest BCUT2D eigenvalue weighted by molar-refractivity contribution is 0.136. The van der Waals surface area contributed by atoms with Gasteiger partial charge in [0.25, 0.3) is 0 Å². The second-order valence-electron chi connectivity index (χ2n) is 5.32. The van der Waals surface area contributed by atoms with Gasteiger partial charge in [-0.25, -0.2) is 4.79 Å². The normalized spacial score (nSPS) is 12.3. The minimum absolute atomic E-state index is 0.0445. The van der Waals surface area contributed by atoms with Gasteiger partial charge in [-0.3, -0.25) is 0 Å². The van der Waals surface area contributed by atoms with E-state index in [4.69, 9.17) is 9.47 Å². The number of hydrogen-bond donors (Lipinski definition) is 2. The van der Waals surface area contributed by atoms with E-state index in [0.717, 1.165) is 11.1 Å². The van der Waals surface area contributed by atoms with Crippen LogP contribution in [-0.4, -0.2) is 29.8 Å². The van der Waals surface area contributed by atoms with Crippen LogP contribution in [0.4, 0.5) is 4.79 Å². The Balaban J connectivity index is 2.00. The third-order valence-electron chi connectivity index (χ3n) is 3.48. The highest BCUT2D eigenvalue weighted by atomic mass is 16.6. The fourth-order valence-electron chi connectivity index (χ4n) is 2.30. The Morgan fingerprint density at radius 2 is 1.64 bits per heavy atom. The Hall–Kier alpha value is -3.02. The summed E-state index contributed by atoms with van der Waals surface area (Å²) in [6, 6.07) is 18.3. The molecule has 2 N–H and O–H groups in total. The third kappa shape index (κ3) is 6.18. The number of nitrogens with zero attached hydrogens (tertiary/aromatic N) is 1. The summed E-state index contributed by atoms with van der Waals surface area (Å²) in [5.74, 6) is 0.0445. The van der Waals surface area contributed by atoms with Crippen LogP contribution in [-0.2, 0) is 22.5 Å². The Labute approximate surface area is 147 Å². The summed E-state index contributed by atoms with van der Waals surface area (Å²) < 4.78 is 10.5. The van der Waals surface area contributed by atoms with Crippen molar-refractivity contribution in [2.75, 3.05) is 6.61 Å². The minimum atomic E-state index is -0.629. The number of rotatable bonds is 7. The summed E-state index contributed by atoms with van der Waals surface area (Å²) in [4.78, 5) is 12.1. The fourth-order valence-corrected chi connectivity index (χ4v) is 2.30. The molecule has 0 aromatic heterocycles. The van der Waals surface area contributed by atoms with Crippen molar-refractivity contribution in [3.63, 3.8) is 0 Å². The quantitative estimate of drug-likeness (QED) is 0.350. The first-order valence-corrected chi connectivity index (χ1v) is 8.08. The van der Waals surface area contributed by atoms with Crippen molar-refractivity contribution < 1.29 is 19.5 Å². The SMILES string of the molecule is CCO/C(=N\O)C(Cc1ccccc1)NC(=O)OCc1ccccc1. The minimum Gasteiger partial charge on any atom is -0.477 e. The molecule has 1 atom stereocenters. The molecule has 0 fully saturated rings. The second-order valence-corrected chi connectivity index (χ2v) is 5.32. The lowest BCUT2D eigenvalue weighted by Crippen LogP contribution is -2.43. The molecule has 1 amide bonds. The summed E-state index contributed by atoms with van der Waals surface area (Å²) >= 11 is 0. The number of nitrogens with one attached hydrogen (secondary N) is 1. The van der Waals surface area contributed by atoms with Crippen molar-refractivity contribution in [2.24, 2.45) is 5.16 Å². The largest absolute Gasteiger partial charge is 0.477 e. The van der Waals surface area contributed by atoms with Gasteiger partial charge in [0.1, 0.15) is 12.6 Å². The van der Waals surface area contributed by atoms with E-state index < -0.39 is 12.1 Å². The molecule has 2 rings (SSSR count). The van der Waals surface area contributed by atoms with E-state index in [9.17, 15) is 10.0 Å². The van der Waals surface area contributed by atoms with Crippen LogP contribution in [0.5, 0.6) is 0 Å². The molecule has 6 nitrogen and oxygen atoms in total. The molecular formula is C19H22N2O4. The number of carbonyl (C=O) groups excluding carboxylic acids is 1. The standard InChI is InChI=1S/C19H22N2O4/c1-2-24-18(21-23)17(13-15-9-5-3-6-10-15)20-19(22)25-14-16-11-7-4-8-12-16/h3-12,17,23H,2,13-14H2,1H3,(H,20,22)/b21-18-. The molecule has 1 unspecified atom stereocenters. The fraction of sp³-hybridized carbons (Fsp3) is 0.263.